The van der Waals surface area contributed by atoms with E-state index in [1.54, 1.807) is 0 Å². The van der Waals surface area contributed by atoms with Crippen LogP contribution in [0.5, 0.6) is 0 Å². The Kier molecular flexibility index (Phi) is 30.6. The van der Waals surface area contributed by atoms with Gasteiger partial charge in [-0.05, 0) is 24.2 Å². The average molecular weight is 532 g/mol. The van der Waals surface area contributed by atoms with E-state index in [1.165, 1.54) is 173 Å². The Morgan fingerprint density at radius 1 is 0.368 bits per heavy atom. The van der Waals surface area contributed by atoms with Crippen LogP contribution in [0.4, 0.5) is 0 Å². The molecule has 0 amide bonds. The summed E-state index contributed by atoms with van der Waals surface area (Å²) >= 11 is 0. The summed E-state index contributed by atoms with van der Waals surface area (Å²) in [5.74, 6) is 2.82. The van der Waals surface area contributed by atoms with Crippen molar-refractivity contribution in [3.63, 3.8) is 0 Å². The molecular weight excluding hydrogens is 458 g/mol. The van der Waals surface area contributed by atoms with Gasteiger partial charge in [-0.15, -0.1) is 0 Å². The summed E-state index contributed by atoms with van der Waals surface area (Å²) < 4.78 is 0. The molecule has 0 aliphatic rings. The molecule has 0 fully saturated rings. The second-order valence-electron chi connectivity index (χ2n) is 13.4. The van der Waals surface area contributed by atoms with Gasteiger partial charge in [0.1, 0.15) is 0 Å². The molecule has 0 aliphatic carbocycles. The van der Waals surface area contributed by atoms with Gasteiger partial charge >= 0.3 is 0 Å². The Bertz CT molecular complexity index is 478. The highest BCUT2D eigenvalue weighted by molar-refractivity contribution is 4.67. The van der Waals surface area contributed by atoms with Crippen LogP contribution in [0, 0.1) is 29.1 Å². The van der Waals surface area contributed by atoms with Crippen LogP contribution in [-0.2, 0) is 0 Å². The van der Waals surface area contributed by atoms with Gasteiger partial charge in [0.2, 0.25) is 0 Å². The summed E-state index contributed by atoms with van der Waals surface area (Å²) in [4.78, 5) is 0. The van der Waals surface area contributed by atoms with E-state index in [-0.39, 0.29) is 0 Å². The number of nitriles is 1. The third kappa shape index (κ3) is 30.0. The molecule has 0 aromatic carbocycles. The highest BCUT2D eigenvalue weighted by Crippen LogP contribution is 2.23. The number of rotatable bonds is 31. The lowest BCUT2D eigenvalue weighted by molar-refractivity contribution is 0.374. The molecule has 0 aromatic rings. The lowest BCUT2D eigenvalue weighted by Crippen LogP contribution is -2.01. The topological polar surface area (TPSA) is 23.8 Å². The molecule has 0 saturated heterocycles. The van der Waals surface area contributed by atoms with Crippen LogP contribution in [0.2, 0.25) is 0 Å². The van der Waals surface area contributed by atoms with Gasteiger partial charge in [-0.3, -0.25) is 0 Å². The first-order valence-corrected chi connectivity index (χ1v) is 18.0. The molecule has 226 valence electrons. The molecule has 0 spiro atoms. The fraction of sp³-hybridized carbons (Fsp3) is 0.973. The van der Waals surface area contributed by atoms with E-state index in [0.29, 0.717) is 0 Å². The minimum absolute atomic E-state index is 0.748. The summed E-state index contributed by atoms with van der Waals surface area (Å²) in [6.07, 6.45) is 40.6. The molecular formula is C37H73N. The Morgan fingerprint density at radius 3 is 0.947 bits per heavy atom. The zero-order chi connectivity index (χ0) is 27.9. The highest BCUT2D eigenvalue weighted by Gasteiger charge is 2.08. The Balaban J connectivity index is 3.29. The largest absolute Gasteiger partial charge is 0.198 e. The minimum Gasteiger partial charge on any atom is -0.198 e. The molecule has 1 nitrogen and oxygen atoms in total. The van der Waals surface area contributed by atoms with E-state index >= 15 is 0 Å². The van der Waals surface area contributed by atoms with Crippen molar-refractivity contribution in [2.45, 2.75) is 214 Å². The molecule has 38 heavy (non-hydrogen) atoms. The minimum atomic E-state index is 0.748. The van der Waals surface area contributed by atoms with Crippen molar-refractivity contribution in [1.29, 1.82) is 5.26 Å². The molecule has 0 rings (SSSR count). The second-order valence-corrected chi connectivity index (χ2v) is 13.4. The van der Waals surface area contributed by atoms with Crippen molar-refractivity contribution >= 4 is 0 Å². The van der Waals surface area contributed by atoms with Gasteiger partial charge in [-0.25, -0.2) is 0 Å². The summed E-state index contributed by atoms with van der Waals surface area (Å²) in [6.45, 7) is 9.78. The summed E-state index contributed by atoms with van der Waals surface area (Å²) in [5.41, 5.74) is 0. The standard InChI is InChI=1S/C37H73N/c1-5-6-23-28-35(2)30-26-32-37(4)33-27-31-36(3)29-24-21-19-17-15-13-11-9-7-8-10-12-14-16-18-20-22-25-34-38/h35-37H,5-33H2,1-4H3. The summed E-state index contributed by atoms with van der Waals surface area (Å²) in [6, 6.07) is 2.24. The average Bonchev–Trinajstić information content (AvgIpc) is 2.90. The SMILES string of the molecule is CCCCCC(C)CCCC(C)CCCC(C)CCCCCCCCCCCCCCCCCCCC#N. The fourth-order valence-electron chi connectivity index (χ4n) is 6.15. The molecule has 0 N–H and O–H groups in total. The van der Waals surface area contributed by atoms with E-state index in [1.807, 2.05) is 0 Å². The van der Waals surface area contributed by atoms with Gasteiger partial charge in [0, 0.05) is 6.42 Å². The van der Waals surface area contributed by atoms with E-state index in [4.69, 9.17) is 5.26 Å². The molecule has 0 aliphatic heterocycles. The van der Waals surface area contributed by atoms with Crippen LogP contribution in [-0.4, -0.2) is 0 Å². The predicted molar refractivity (Wildman–Crippen MR) is 173 cm³/mol. The number of hydrogen-bond acceptors (Lipinski definition) is 1. The highest BCUT2D eigenvalue weighted by atomic mass is 14.2. The van der Waals surface area contributed by atoms with Crippen LogP contribution in [0.15, 0.2) is 0 Å². The lowest BCUT2D eigenvalue weighted by Gasteiger charge is -2.16. The maximum Gasteiger partial charge on any atom is 0.0621 e. The molecule has 0 radical (unpaired) electrons. The van der Waals surface area contributed by atoms with E-state index in [9.17, 15) is 0 Å². The lowest BCUT2D eigenvalue weighted by atomic mass is 9.90. The monoisotopic (exact) mass is 532 g/mol. The number of unbranched alkanes of at least 4 members (excludes halogenated alkanes) is 19. The Labute approximate surface area is 242 Å². The molecule has 1 heteroatoms. The van der Waals surface area contributed by atoms with E-state index in [2.05, 4.69) is 33.8 Å². The Morgan fingerprint density at radius 2 is 0.632 bits per heavy atom. The van der Waals surface area contributed by atoms with Crippen molar-refractivity contribution < 1.29 is 0 Å². The van der Waals surface area contributed by atoms with Gasteiger partial charge in [-0.1, -0.05) is 201 Å². The first kappa shape index (κ1) is 37.5. The van der Waals surface area contributed by atoms with Crippen LogP contribution in [0.1, 0.15) is 214 Å². The number of nitrogens with zero attached hydrogens (tertiary/aromatic N) is 1. The smallest absolute Gasteiger partial charge is 0.0621 e. The van der Waals surface area contributed by atoms with Crippen LogP contribution < -0.4 is 0 Å². The van der Waals surface area contributed by atoms with Crippen molar-refractivity contribution in [3.05, 3.63) is 0 Å². The van der Waals surface area contributed by atoms with Crippen molar-refractivity contribution in [2.75, 3.05) is 0 Å². The third-order valence-corrected chi connectivity index (χ3v) is 9.07. The maximum atomic E-state index is 8.54. The van der Waals surface area contributed by atoms with Crippen molar-refractivity contribution in [3.8, 4) is 6.07 Å². The van der Waals surface area contributed by atoms with E-state index < -0.39 is 0 Å². The van der Waals surface area contributed by atoms with Crippen LogP contribution >= 0.6 is 0 Å². The third-order valence-electron chi connectivity index (χ3n) is 9.07. The summed E-state index contributed by atoms with van der Waals surface area (Å²) in [7, 11) is 0. The molecule has 0 saturated carbocycles. The number of hydrogen-bond donors (Lipinski definition) is 0. The first-order valence-electron chi connectivity index (χ1n) is 18.0. The molecule has 0 bridgehead atoms. The van der Waals surface area contributed by atoms with Crippen molar-refractivity contribution in [1.82, 2.24) is 0 Å². The normalized spacial score (nSPS) is 13.9. The zero-order valence-electron chi connectivity index (χ0n) is 27.2. The zero-order valence-corrected chi connectivity index (χ0v) is 27.2. The molecule has 3 atom stereocenters. The van der Waals surface area contributed by atoms with E-state index in [0.717, 1.165) is 30.6 Å². The predicted octanol–water partition coefficient (Wildman–Crippen LogP) is 13.8. The van der Waals surface area contributed by atoms with Crippen LogP contribution in [0.3, 0.4) is 0 Å². The molecule has 3 unspecified atom stereocenters. The fourth-order valence-corrected chi connectivity index (χ4v) is 6.15. The summed E-state index contributed by atoms with van der Waals surface area (Å²) in [5, 5.41) is 8.54. The second kappa shape index (κ2) is 31.0. The molecule has 0 aromatic heterocycles. The maximum absolute atomic E-state index is 8.54. The first-order chi connectivity index (χ1) is 18.6. The van der Waals surface area contributed by atoms with Gasteiger partial charge in [0.05, 0.1) is 6.07 Å². The molecule has 0 heterocycles. The van der Waals surface area contributed by atoms with Crippen LogP contribution in [0.25, 0.3) is 0 Å². The van der Waals surface area contributed by atoms with Gasteiger partial charge in [-0.2, -0.15) is 5.26 Å². The van der Waals surface area contributed by atoms with Gasteiger partial charge in [0.25, 0.3) is 0 Å². The van der Waals surface area contributed by atoms with Crippen molar-refractivity contribution in [2.24, 2.45) is 17.8 Å². The van der Waals surface area contributed by atoms with Gasteiger partial charge in [0.15, 0.2) is 0 Å². The quantitative estimate of drug-likeness (QED) is 0.0816. The Hall–Kier alpha value is -0.510. The van der Waals surface area contributed by atoms with Gasteiger partial charge < -0.3 is 0 Å².